The normalized spacial score (nSPS) is 10.4. The molecule has 0 unspecified atom stereocenters. The van der Waals surface area contributed by atoms with Crippen LogP contribution in [0.3, 0.4) is 0 Å². The number of rotatable bonds is 5. The van der Waals surface area contributed by atoms with Gasteiger partial charge < -0.3 is 9.64 Å². The van der Waals surface area contributed by atoms with Crippen LogP contribution in [0.15, 0.2) is 43.0 Å². The Balaban J connectivity index is 1.88. The first kappa shape index (κ1) is 12.5. The van der Waals surface area contributed by atoms with Crippen molar-refractivity contribution >= 4 is 5.69 Å². The molecule has 0 aliphatic heterocycles. The third kappa shape index (κ3) is 3.26. The van der Waals surface area contributed by atoms with Gasteiger partial charge in [0.1, 0.15) is 31.3 Å². The van der Waals surface area contributed by atoms with E-state index >= 15 is 0 Å². The van der Waals surface area contributed by atoms with Gasteiger partial charge in [-0.15, -0.1) is 0 Å². The average Bonchev–Trinajstić information content (AvgIpc) is 2.75. The molecule has 0 saturated heterocycles. The van der Waals surface area contributed by atoms with E-state index in [2.05, 4.69) is 21.6 Å². The van der Waals surface area contributed by atoms with Crippen molar-refractivity contribution in [2.75, 3.05) is 25.6 Å². The second kappa shape index (κ2) is 5.58. The Morgan fingerprint density at radius 2 is 2.17 bits per heavy atom. The van der Waals surface area contributed by atoms with Crippen LogP contribution in [0.4, 0.5) is 5.69 Å². The van der Waals surface area contributed by atoms with Gasteiger partial charge in [0.15, 0.2) is 0 Å². The molecule has 0 saturated carbocycles. The van der Waals surface area contributed by atoms with Crippen molar-refractivity contribution in [1.82, 2.24) is 4.57 Å². The van der Waals surface area contributed by atoms with Crippen LogP contribution in [0.25, 0.3) is 0 Å². The standard InChI is InChI=1S/C14H20N3O/c1-15(2)13-5-4-6-14(11-13)18-10-9-17-8-7-16(3)12-17/h4-8,11-12H,9-10H2,1-3H3/q+1. The summed E-state index contributed by atoms with van der Waals surface area (Å²) in [6.45, 7) is 1.53. The zero-order chi connectivity index (χ0) is 13.0. The highest BCUT2D eigenvalue weighted by Gasteiger charge is 2.01. The van der Waals surface area contributed by atoms with Crippen molar-refractivity contribution in [2.24, 2.45) is 7.05 Å². The maximum atomic E-state index is 5.75. The van der Waals surface area contributed by atoms with Crippen molar-refractivity contribution in [1.29, 1.82) is 0 Å². The molecule has 0 aliphatic rings. The van der Waals surface area contributed by atoms with Crippen molar-refractivity contribution in [3.8, 4) is 5.75 Å². The second-order valence-corrected chi connectivity index (χ2v) is 4.56. The Labute approximate surface area is 108 Å². The number of anilines is 1. The summed E-state index contributed by atoms with van der Waals surface area (Å²) >= 11 is 0. The molecule has 1 aromatic heterocycles. The Hall–Kier alpha value is -1.97. The van der Waals surface area contributed by atoms with Crippen LogP contribution in [-0.4, -0.2) is 25.3 Å². The third-order valence-electron chi connectivity index (χ3n) is 2.78. The summed E-state index contributed by atoms with van der Waals surface area (Å²) in [6.07, 6.45) is 6.10. The van der Waals surface area contributed by atoms with Crippen LogP contribution in [0, 0.1) is 0 Å². The van der Waals surface area contributed by atoms with E-state index in [9.17, 15) is 0 Å². The molecule has 18 heavy (non-hydrogen) atoms. The van der Waals surface area contributed by atoms with Crippen molar-refractivity contribution < 1.29 is 9.30 Å². The van der Waals surface area contributed by atoms with Gasteiger partial charge in [-0.3, -0.25) is 0 Å². The summed E-state index contributed by atoms with van der Waals surface area (Å²) in [5.74, 6) is 0.915. The van der Waals surface area contributed by atoms with Crippen LogP contribution >= 0.6 is 0 Å². The van der Waals surface area contributed by atoms with E-state index in [4.69, 9.17) is 4.74 Å². The fourth-order valence-electron chi connectivity index (χ4n) is 1.75. The number of hydrogen-bond acceptors (Lipinski definition) is 2. The van der Waals surface area contributed by atoms with Gasteiger partial charge in [0, 0.05) is 25.8 Å². The summed E-state index contributed by atoms with van der Waals surface area (Å²) in [5.41, 5.74) is 1.15. The molecule has 0 bridgehead atoms. The summed E-state index contributed by atoms with van der Waals surface area (Å²) in [4.78, 5) is 2.07. The minimum Gasteiger partial charge on any atom is -0.489 e. The first-order chi connectivity index (χ1) is 8.65. The van der Waals surface area contributed by atoms with Crippen molar-refractivity contribution in [2.45, 2.75) is 6.54 Å². The molecule has 0 aliphatic carbocycles. The molecule has 0 N–H and O–H groups in total. The van der Waals surface area contributed by atoms with E-state index < -0.39 is 0 Å². The van der Waals surface area contributed by atoms with Gasteiger partial charge in [0.2, 0.25) is 6.33 Å². The number of aromatic nitrogens is 2. The minimum absolute atomic E-state index is 0.672. The van der Waals surface area contributed by atoms with Crippen LogP contribution in [-0.2, 0) is 13.6 Å². The van der Waals surface area contributed by atoms with E-state index in [1.807, 2.05) is 56.6 Å². The fraction of sp³-hybridized carbons (Fsp3) is 0.357. The van der Waals surface area contributed by atoms with Crippen molar-refractivity contribution in [3.63, 3.8) is 0 Å². The number of imidazole rings is 1. The third-order valence-corrected chi connectivity index (χ3v) is 2.78. The Morgan fingerprint density at radius 3 is 2.83 bits per heavy atom. The highest BCUT2D eigenvalue weighted by atomic mass is 16.5. The molecule has 2 aromatic rings. The smallest absolute Gasteiger partial charge is 0.243 e. The van der Waals surface area contributed by atoms with E-state index in [0.717, 1.165) is 18.0 Å². The van der Waals surface area contributed by atoms with Crippen LogP contribution in [0.2, 0.25) is 0 Å². The van der Waals surface area contributed by atoms with Gasteiger partial charge in [-0.25, -0.2) is 9.13 Å². The Kier molecular flexibility index (Phi) is 3.87. The maximum Gasteiger partial charge on any atom is 0.243 e. The quantitative estimate of drug-likeness (QED) is 0.745. The number of nitrogens with zero attached hydrogens (tertiary/aromatic N) is 3. The van der Waals surface area contributed by atoms with Crippen LogP contribution in [0.5, 0.6) is 5.75 Å². The van der Waals surface area contributed by atoms with Crippen molar-refractivity contribution in [3.05, 3.63) is 43.0 Å². The predicted octanol–water partition coefficient (Wildman–Crippen LogP) is 1.46. The molecule has 0 atom stereocenters. The summed E-state index contributed by atoms with van der Waals surface area (Å²) < 4.78 is 9.88. The summed E-state index contributed by atoms with van der Waals surface area (Å²) in [5, 5.41) is 0. The number of ether oxygens (including phenoxy) is 1. The minimum atomic E-state index is 0.672. The van der Waals surface area contributed by atoms with E-state index in [0.29, 0.717) is 6.61 Å². The molecule has 1 heterocycles. The lowest BCUT2D eigenvalue weighted by molar-refractivity contribution is -0.697. The van der Waals surface area contributed by atoms with Gasteiger partial charge in [-0.1, -0.05) is 6.07 Å². The predicted molar refractivity (Wildman–Crippen MR) is 71.9 cm³/mol. The highest BCUT2D eigenvalue weighted by molar-refractivity contribution is 5.49. The second-order valence-electron chi connectivity index (χ2n) is 4.56. The first-order valence-corrected chi connectivity index (χ1v) is 6.06. The molecule has 2 rings (SSSR count). The topological polar surface area (TPSA) is 21.3 Å². The van der Waals surface area contributed by atoms with Crippen LogP contribution in [0.1, 0.15) is 0 Å². The van der Waals surface area contributed by atoms with Crippen LogP contribution < -0.4 is 14.2 Å². The Bertz CT molecular complexity index is 505. The zero-order valence-electron chi connectivity index (χ0n) is 11.2. The average molecular weight is 246 g/mol. The maximum absolute atomic E-state index is 5.75. The molecule has 0 fully saturated rings. The number of benzene rings is 1. The van der Waals surface area contributed by atoms with Gasteiger partial charge >= 0.3 is 0 Å². The monoisotopic (exact) mass is 246 g/mol. The molecule has 1 aromatic carbocycles. The summed E-state index contributed by atoms with van der Waals surface area (Å²) in [6, 6.07) is 8.12. The molecular formula is C14H20N3O+. The highest BCUT2D eigenvalue weighted by Crippen LogP contribution is 2.18. The van der Waals surface area contributed by atoms with Gasteiger partial charge in [-0.05, 0) is 12.1 Å². The van der Waals surface area contributed by atoms with E-state index in [1.54, 1.807) is 0 Å². The lowest BCUT2D eigenvalue weighted by Crippen LogP contribution is -2.34. The first-order valence-electron chi connectivity index (χ1n) is 6.06. The molecule has 96 valence electrons. The molecule has 4 heteroatoms. The Morgan fingerprint density at radius 1 is 1.33 bits per heavy atom. The molecular weight excluding hydrogens is 226 g/mol. The molecule has 0 spiro atoms. The molecule has 0 radical (unpaired) electrons. The van der Waals surface area contributed by atoms with Gasteiger partial charge in [-0.2, -0.15) is 0 Å². The lowest BCUT2D eigenvalue weighted by Gasteiger charge is -2.13. The number of hydrogen-bond donors (Lipinski definition) is 0. The fourth-order valence-corrected chi connectivity index (χ4v) is 1.75. The zero-order valence-corrected chi connectivity index (χ0v) is 11.2. The lowest BCUT2D eigenvalue weighted by atomic mass is 10.3. The molecule has 4 nitrogen and oxygen atoms in total. The SMILES string of the molecule is CN(C)c1cccc(OCC[n+]2ccn(C)c2)c1. The molecule has 0 amide bonds. The van der Waals surface area contributed by atoms with E-state index in [-0.39, 0.29) is 0 Å². The summed E-state index contributed by atoms with van der Waals surface area (Å²) in [7, 11) is 6.07. The van der Waals surface area contributed by atoms with E-state index in [1.165, 1.54) is 0 Å². The van der Waals surface area contributed by atoms with Gasteiger partial charge in [0.25, 0.3) is 0 Å². The number of aryl methyl sites for hydroxylation is 1. The van der Waals surface area contributed by atoms with Gasteiger partial charge in [0.05, 0.1) is 7.05 Å². The largest absolute Gasteiger partial charge is 0.489 e.